The van der Waals surface area contributed by atoms with Gasteiger partial charge in [-0.25, -0.2) is 13.2 Å². The maximum Gasteiger partial charge on any atom is 0.335 e. The summed E-state index contributed by atoms with van der Waals surface area (Å²) in [5.41, 5.74) is 0.0846. The molecule has 1 atom stereocenters. The fourth-order valence-electron chi connectivity index (χ4n) is 2.89. The van der Waals surface area contributed by atoms with Gasteiger partial charge in [0.15, 0.2) is 0 Å². The van der Waals surface area contributed by atoms with Gasteiger partial charge in [0.2, 0.25) is 10.0 Å². The van der Waals surface area contributed by atoms with Gasteiger partial charge in [0.05, 0.1) is 10.5 Å². The molecule has 6 nitrogen and oxygen atoms in total. The van der Waals surface area contributed by atoms with Gasteiger partial charge < -0.3 is 5.11 Å². The average molecular weight is 326 g/mol. The van der Waals surface area contributed by atoms with E-state index in [1.54, 1.807) is 0 Å². The van der Waals surface area contributed by atoms with Gasteiger partial charge in [-0.15, -0.1) is 0 Å². The van der Waals surface area contributed by atoms with E-state index in [-0.39, 0.29) is 16.5 Å². The lowest BCUT2D eigenvalue weighted by Crippen LogP contribution is -2.38. The third-order valence-electron chi connectivity index (χ3n) is 4.19. The van der Waals surface area contributed by atoms with Crippen molar-refractivity contribution in [3.63, 3.8) is 0 Å². The Morgan fingerprint density at radius 1 is 1.27 bits per heavy atom. The molecular weight excluding hydrogens is 304 g/mol. The first-order valence-corrected chi connectivity index (χ1v) is 8.91. The van der Waals surface area contributed by atoms with E-state index in [0.717, 1.165) is 19.5 Å². The molecule has 0 aromatic heterocycles. The second kappa shape index (κ2) is 6.76. The summed E-state index contributed by atoms with van der Waals surface area (Å²) in [5, 5.41) is 8.87. The molecule has 0 spiro atoms. The summed E-state index contributed by atoms with van der Waals surface area (Å²) in [7, 11) is -3.55. The van der Waals surface area contributed by atoms with Crippen molar-refractivity contribution in [2.24, 2.45) is 0 Å². The number of hydrogen-bond acceptors (Lipinski definition) is 4. The third-order valence-corrected chi connectivity index (χ3v) is 6.07. The normalized spacial score (nSPS) is 19.7. The van der Waals surface area contributed by atoms with E-state index < -0.39 is 16.0 Å². The van der Waals surface area contributed by atoms with Gasteiger partial charge in [0.25, 0.3) is 0 Å². The van der Waals surface area contributed by atoms with E-state index >= 15 is 0 Å². The van der Waals surface area contributed by atoms with Crippen LogP contribution in [0.2, 0.25) is 0 Å². The summed E-state index contributed by atoms with van der Waals surface area (Å²) in [5.74, 6) is -1.06. The van der Waals surface area contributed by atoms with Crippen molar-refractivity contribution >= 4 is 16.0 Å². The van der Waals surface area contributed by atoms with Gasteiger partial charge in [-0.1, -0.05) is 13.8 Å². The highest BCUT2D eigenvalue weighted by Gasteiger charge is 2.34. The van der Waals surface area contributed by atoms with Crippen LogP contribution in [0.4, 0.5) is 0 Å². The Morgan fingerprint density at radius 3 is 2.36 bits per heavy atom. The predicted molar refractivity (Wildman–Crippen MR) is 83.5 cm³/mol. The fraction of sp³-hybridized carbons (Fsp3) is 0.533. The van der Waals surface area contributed by atoms with Crippen molar-refractivity contribution in [3.8, 4) is 0 Å². The standard InChI is InChI=1S/C15H22N2O4S/c1-3-16(4-2)13-9-10-17(11-13)22(20,21)14-7-5-12(6-8-14)15(18)19/h5-8,13H,3-4,9-11H2,1-2H3,(H,18,19). The summed E-state index contributed by atoms with van der Waals surface area (Å²) in [4.78, 5) is 13.3. The monoisotopic (exact) mass is 326 g/mol. The maximum absolute atomic E-state index is 12.6. The van der Waals surface area contributed by atoms with Crippen LogP contribution in [0.1, 0.15) is 30.6 Å². The Labute approximate surface area is 131 Å². The van der Waals surface area contributed by atoms with E-state index in [1.807, 2.05) is 0 Å². The molecule has 1 aliphatic rings. The molecule has 7 heteroatoms. The van der Waals surface area contributed by atoms with Crippen molar-refractivity contribution in [3.05, 3.63) is 29.8 Å². The molecule has 2 rings (SSSR count). The number of nitrogens with zero attached hydrogens (tertiary/aromatic N) is 2. The number of hydrogen-bond donors (Lipinski definition) is 1. The van der Waals surface area contributed by atoms with Crippen LogP contribution in [0.15, 0.2) is 29.2 Å². The third kappa shape index (κ3) is 3.31. The highest BCUT2D eigenvalue weighted by molar-refractivity contribution is 7.89. The van der Waals surface area contributed by atoms with Crippen LogP contribution in [-0.4, -0.2) is 60.9 Å². The van der Waals surface area contributed by atoms with Gasteiger partial charge in [-0.2, -0.15) is 4.31 Å². The van der Waals surface area contributed by atoms with Crippen LogP contribution in [-0.2, 0) is 10.0 Å². The molecule has 1 saturated heterocycles. The lowest BCUT2D eigenvalue weighted by Gasteiger charge is -2.26. The molecule has 1 fully saturated rings. The van der Waals surface area contributed by atoms with Gasteiger partial charge in [0, 0.05) is 19.1 Å². The minimum absolute atomic E-state index is 0.0846. The number of likely N-dealkylation sites (N-methyl/N-ethyl adjacent to an activating group) is 1. The fourth-order valence-corrected chi connectivity index (χ4v) is 4.38. The molecule has 1 aromatic carbocycles. The predicted octanol–water partition coefficient (Wildman–Crippen LogP) is 1.49. The number of benzene rings is 1. The van der Waals surface area contributed by atoms with Gasteiger partial charge in [-0.3, -0.25) is 4.90 Å². The topological polar surface area (TPSA) is 77.9 Å². The van der Waals surface area contributed by atoms with Gasteiger partial charge >= 0.3 is 5.97 Å². The summed E-state index contributed by atoms with van der Waals surface area (Å²) >= 11 is 0. The molecule has 0 radical (unpaired) electrons. The van der Waals surface area contributed by atoms with Crippen LogP contribution in [0, 0.1) is 0 Å². The molecule has 0 bridgehead atoms. The Kier molecular flexibility index (Phi) is 5.20. The van der Waals surface area contributed by atoms with Crippen LogP contribution >= 0.6 is 0 Å². The summed E-state index contributed by atoms with van der Waals surface area (Å²) in [6, 6.07) is 5.64. The first kappa shape index (κ1) is 16.9. The van der Waals surface area contributed by atoms with Crippen molar-refractivity contribution in [2.45, 2.75) is 31.2 Å². The zero-order valence-electron chi connectivity index (χ0n) is 12.9. The number of carbonyl (C=O) groups is 1. The van der Waals surface area contributed by atoms with Crippen molar-refractivity contribution in [1.82, 2.24) is 9.21 Å². The first-order valence-electron chi connectivity index (χ1n) is 7.47. The summed E-state index contributed by atoms with van der Waals surface area (Å²) in [6.45, 7) is 6.95. The zero-order valence-corrected chi connectivity index (χ0v) is 13.7. The molecule has 22 heavy (non-hydrogen) atoms. The smallest absolute Gasteiger partial charge is 0.335 e. The van der Waals surface area contributed by atoms with Crippen molar-refractivity contribution in [1.29, 1.82) is 0 Å². The molecule has 1 heterocycles. The number of aromatic carboxylic acids is 1. The molecular formula is C15H22N2O4S. The zero-order chi connectivity index (χ0) is 16.3. The molecule has 0 amide bonds. The van der Waals surface area contributed by atoms with E-state index in [9.17, 15) is 13.2 Å². The molecule has 1 aliphatic heterocycles. The lowest BCUT2D eigenvalue weighted by atomic mass is 10.2. The largest absolute Gasteiger partial charge is 0.478 e. The lowest BCUT2D eigenvalue weighted by molar-refractivity contribution is 0.0696. The minimum Gasteiger partial charge on any atom is -0.478 e. The maximum atomic E-state index is 12.6. The minimum atomic E-state index is -3.55. The van der Waals surface area contributed by atoms with E-state index in [1.165, 1.54) is 28.6 Å². The van der Waals surface area contributed by atoms with Crippen LogP contribution < -0.4 is 0 Å². The average Bonchev–Trinajstić information content (AvgIpc) is 2.99. The van der Waals surface area contributed by atoms with Crippen LogP contribution in [0.5, 0.6) is 0 Å². The summed E-state index contributed by atoms with van der Waals surface area (Å²) in [6.07, 6.45) is 0.827. The second-order valence-electron chi connectivity index (χ2n) is 5.36. The molecule has 1 unspecified atom stereocenters. The Balaban J connectivity index is 2.16. The van der Waals surface area contributed by atoms with E-state index in [0.29, 0.717) is 13.1 Å². The van der Waals surface area contributed by atoms with Crippen LogP contribution in [0.25, 0.3) is 0 Å². The quantitative estimate of drug-likeness (QED) is 0.857. The Morgan fingerprint density at radius 2 is 1.86 bits per heavy atom. The molecule has 1 aromatic rings. The van der Waals surface area contributed by atoms with Crippen molar-refractivity contribution < 1.29 is 18.3 Å². The number of carboxylic acid groups (broad SMARTS) is 1. The SMILES string of the molecule is CCN(CC)C1CCN(S(=O)(=O)c2ccc(C(=O)O)cc2)C1. The molecule has 122 valence electrons. The molecule has 0 aliphatic carbocycles. The number of sulfonamides is 1. The Bertz CT molecular complexity index is 623. The van der Waals surface area contributed by atoms with Gasteiger partial charge in [-0.05, 0) is 43.8 Å². The second-order valence-corrected chi connectivity index (χ2v) is 7.29. The van der Waals surface area contributed by atoms with Gasteiger partial charge in [0.1, 0.15) is 0 Å². The Hall–Kier alpha value is -1.44. The molecule has 0 saturated carbocycles. The number of carboxylic acids is 1. The summed E-state index contributed by atoms with van der Waals surface area (Å²) < 4.78 is 26.7. The van der Waals surface area contributed by atoms with Crippen molar-refractivity contribution in [2.75, 3.05) is 26.2 Å². The van der Waals surface area contributed by atoms with E-state index in [2.05, 4.69) is 18.7 Å². The van der Waals surface area contributed by atoms with Crippen LogP contribution in [0.3, 0.4) is 0 Å². The van der Waals surface area contributed by atoms with E-state index in [4.69, 9.17) is 5.11 Å². The number of rotatable bonds is 6. The highest BCUT2D eigenvalue weighted by atomic mass is 32.2. The first-order chi connectivity index (χ1) is 10.4. The highest BCUT2D eigenvalue weighted by Crippen LogP contribution is 2.23. The molecule has 1 N–H and O–H groups in total.